The van der Waals surface area contributed by atoms with E-state index in [-0.39, 0.29) is 0 Å². The number of benzene rings is 1. The molecule has 4 heteroatoms. The molecule has 0 bridgehead atoms. The zero-order valence-corrected chi connectivity index (χ0v) is 8.14. The lowest BCUT2D eigenvalue weighted by molar-refractivity contribution is -0.0350. The summed E-state index contributed by atoms with van der Waals surface area (Å²) in [5.74, 6) is -3.32. The van der Waals surface area contributed by atoms with Gasteiger partial charge in [0.15, 0.2) is 0 Å². The SMILES string of the molecule is NC1(C(F)(F)Cc2ccc(F)cc2)CC1. The summed E-state index contributed by atoms with van der Waals surface area (Å²) in [7, 11) is 0. The van der Waals surface area contributed by atoms with Crippen LogP contribution < -0.4 is 5.73 Å². The Morgan fingerprint density at radius 2 is 1.73 bits per heavy atom. The number of hydrogen-bond acceptors (Lipinski definition) is 1. The minimum absolute atomic E-state index is 0.362. The lowest BCUT2D eigenvalue weighted by atomic mass is 10.00. The Balaban J connectivity index is 2.11. The topological polar surface area (TPSA) is 26.0 Å². The third-order valence-electron chi connectivity index (χ3n) is 2.86. The highest BCUT2D eigenvalue weighted by Gasteiger charge is 2.58. The van der Waals surface area contributed by atoms with Crippen molar-refractivity contribution in [3.8, 4) is 0 Å². The van der Waals surface area contributed by atoms with Gasteiger partial charge in [-0.15, -0.1) is 0 Å². The van der Waals surface area contributed by atoms with Gasteiger partial charge in [-0.1, -0.05) is 12.1 Å². The van der Waals surface area contributed by atoms with Crippen molar-refractivity contribution in [1.29, 1.82) is 0 Å². The molecule has 1 nitrogen and oxygen atoms in total. The van der Waals surface area contributed by atoms with E-state index in [4.69, 9.17) is 5.73 Å². The number of hydrogen-bond donors (Lipinski definition) is 1. The maximum Gasteiger partial charge on any atom is 0.269 e. The van der Waals surface area contributed by atoms with Gasteiger partial charge in [-0.2, -0.15) is 0 Å². The molecule has 1 saturated carbocycles. The molecule has 0 aromatic heterocycles. The van der Waals surface area contributed by atoms with Crippen molar-refractivity contribution in [3.05, 3.63) is 35.6 Å². The van der Waals surface area contributed by atoms with E-state index >= 15 is 0 Å². The van der Waals surface area contributed by atoms with Crippen LogP contribution in [0.3, 0.4) is 0 Å². The van der Waals surface area contributed by atoms with E-state index in [1.807, 2.05) is 0 Å². The second-order valence-corrected chi connectivity index (χ2v) is 4.16. The van der Waals surface area contributed by atoms with Gasteiger partial charge in [0.1, 0.15) is 5.82 Å². The molecule has 0 heterocycles. The molecule has 2 N–H and O–H groups in total. The summed E-state index contributed by atoms with van der Waals surface area (Å²) in [4.78, 5) is 0. The van der Waals surface area contributed by atoms with Crippen molar-refractivity contribution in [2.24, 2.45) is 5.73 Å². The molecular weight excluding hydrogens is 203 g/mol. The highest BCUT2D eigenvalue weighted by molar-refractivity contribution is 5.21. The van der Waals surface area contributed by atoms with E-state index in [1.165, 1.54) is 24.3 Å². The van der Waals surface area contributed by atoms with Crippen molar-refractivity contribution in [2.45, 2.75) is 30.7 Å². The summed E-state index contributed by atoms with van der Waals surface area (Å²) >= 11 is 0. The van der Waals surface area contributed by atoms with Gasteiger partial charge < -0.3 is 5.73 Å². The van der Waals surface area contributed by atoms with Crippen LogP contribution in [-0.4, -0.2) is 11.5 Å². The maximum absolute atomic E-state index is 13.6. The standard InChI is InChI=1S/C11H12F3N/c12-9-3-1-8(2-4-9)7-11(13,14)10(15)5-6-10/h1-4H,5-7,15H2. The monoisotopic (exact) mass is 215 g/mol. The lowest BCUT2D eigenvalue weighted by Crippen LogP contribution is -2.45. The van der Waals surface area contributed by atoms with Gasteiger partial charge in [0.05, 0.1) is 5.54 Å². The fourth-order valence-corrected chi connectivity index (χ4v) is 1.54. The predicted molar refractivity (Wildman–Crippen MR) is 51.2 cm³/mol. The summed E-state index contributed by atoms with van der Waals surface area (Å²) in [5.41, 5.74) is 4.56. The molecule has 0 atom stereocenters. The fraction of sp³-hybridized carbons (Fsp3) is 0.455. The van der Waals surface area contributed by atoms with Gasteiger partial charge in [-0.25, -0.2) is 13.2 Å². The summed E-state index contributed by atoms with van der Waals surface area (Å²) in [5, 5.41) is 0. The molecule has 0 unspecified atom stereocenters. The van der Waals surface area contributed by atoms with Crippen molar-refractivity contribution >= 4 is 0 Å². The third-order valence-corrected chi connectivity index (χ3v) is 2.86. The molecule has 1 aliphatic carbocycles. The highest BCUT2D eigenvalue weighted by Crippen LogP contribution is 2.47. The quantitative estimate of drug-likeness (QED) is 0.823. The average molecular weight is 215 g/mol. The molecule has 1 aromatic carbocycles. The molecule has 0 saturated heterocycles. The normalized spacial score (nSPS) is 18.9. The van der Waals surface area contributed by atoms with Crippen LogP contribution in [0.25, 0.3) is 0 Å². The second-order valence-electron chi connectivity index (χ2n) is 4.16. The van der Waals surface area contributed by atoms with Gasteiger partial charge >= 0.3 is 0 Å². The number of halogens is 3. The van der Waals surface area contributed by atoms with Crippen LogP contribution in [0.5, 0.6) is 0 Å². The minimum Gasteiger partial charge on any atom is -0.320 e. The van der Waals surface area contributed by atoms with E-state index in [0.29, 0.717) is 18.4 Å². The van der Waals surface area contributed by atoms with Crippen molar-refractivity contribution < 1.29 is 13.2 Å². The van der Waals surface area contributed by atoms with Crippen LogP contribution in [0.15, 0.2) is 24.3 Å². The predicted octanol–water partition coefficient (Wildman–Crippen LogP) is 2.49. The Kier molecular flexibility index (Phi) is 2.26. The average Bonchev–Trinajstić information content (AvgIpc) is 2.89. The van der Waals surface area contributed by atoms with Gasteiger partial charge in [0.2, 0.25) is 0 Å². The molecule has 0 radical (unpaired) electrons. The molecule has 1 fully saturated rings. The zero-order valence-electron chi connectivity index (χ0n) is 8.14. The van der Waals surface area contributed by atoms with Gasteiger partial charge in [-0.3, -0.25) is 0 Å². The largest absolute Gasteiger partial charge is 0.320 e. The molecule has 0 aliphatic heterocycles. The van der Waals surface area contributed by atoms with E-state index < -0.39 is 23.7 Å². The first-order valence-corrected chi connectivity index (χ1v) is 4.84. The van der Waals surface area contributed by atoms with Crippen LogP contribution >= 0.6 is 0 Å². The highest BCUT2D eigenvalue weighted by atomic mass is 19.3. The maximum atomic E-state index is 13.6. The van der Waals surface area contributed by atoms with Crippen LogP contribution in [-0.2, 0) is 6.42 Å². The van der Waals surface area contributed by atoms with Gasteiger partial charge in [-0.05, 0) is 30.5 Å². The summed E-state index contributed by atoms with van der Waals surface area (Å²) in [6, 6.07) is 5.10. The number of nitrogens with two attached hydrogens (primary N) is 1. The van der Waals surface area contributed by atoms with Gasteiger partial charge in [0, 0.05) is 6.42 Å². The molecule has 15 heavy (non-hydrogen) atoms. The molecule has 1 aromatic rings. The van der Waals surface area contributed by atoms with E-state index in [0.717, 1.165) is 0 Å². The first kappa shape index (κ1) is 10.5. The van der Waals surface area contributed by atoms with Crippen LogP contribution in [0.4, 0.5) is 13.2 Å². The Morgan fingerprint density at radius 3 is 2.20 bits per heavy atom. The van der Waals surface area contributed by atoms with Crippen molar-refractivity contribution in [1.82, 2.24) is 0 Å². The molecule has 0 spiro atoms. The third kappa shape index (κ3) is 2.00. The Bertz CT molecular complexity index is 355. The molecule has 1 aliphatic rings. The molecule has 82 valence electrons. The Hall–Kier alpha value is -1.03. The first-order valence-electron chi connectivity index (χ1n) is 4.84. The van der Waals surface area contributed by atoms with Crippen molar-refractivity contribution in [2.75, 3.05) is 0 Å². The molecule has 0 amide bonds. The fourth-order valence-electron chi connectivity index (χ4n) is 1.54. The van der Waals surface area contributed by atoms with Gasteiger partial charge in [0.25, 0.3) is 5.92 Å². The number of rotatable bonds is 3. The summed E-state index contributed by atoms with van der Waals surface area (Å²) in [6.07, 6.45) is 0.312. The van der Waals surface area contributed by atoms with E-state index in [9.17, 15) is 13.2 Å². The molecule has 2 rings (SSSR count). The summed E-state index contributed by atoms with van der Waals surface area (Å²) < 4.78 is 39.7. The smallest absolute Gasteiger partial charge is 0.269 e. The van der Waals surface area contributed by atoms with Crippen LogP contribution in [0, 0.1) is 5.82 Å². The summed E-state index contributed by atoms with van der Waals surface area (Å²) in [6.45, 7) is 0. The Morgan fingerprint density at radius 1 is 1.20 bits per heavy atom. The second kappa shape index (κ2) is 3.23. The van der Waals surface area contributed by atoms with E-state index in [2.05, 4.69) is 0 Å². The van der Waals surface area contributed by atoms with E-state index in [1.54, 1.807) is 0 Å². The first-order chi connectivity index (χ1) is 6.93. The van der Waals surface area contributed by atoms with Crippen LogP contribution in [0.1, 0.15) is 18.4 Å². The zero-order chi connectivity index (χ0) is 11.1. The van der Waals surface area contributed by atoms with Crippen molar-refractivity contribution in [3.63, 3.8) is 0 Å². The number of alkyl halides is 2. The Labute approximate surface area is 86.1 Å². The minimum atomic E-state index is -2.90. The lowest BCUT2D eigenvalue weighted by Gasteiger charge is -2.23. The van der Waals surface area contributed by atoms with Crippen LogP contribution in [0.2, 0.25) is 0 Å². The molecular formula is C11H12F3N.